The molecule has 17 heavy (non-hydrogen) atoms. The molecule has 0 radical (unpaired) electrons. The van der Waals surface area contributed by atoms with E-state index in [4.69, 9.17) is 24.8 Å². The quantitative estimate of drug-likeness (QED) is 0.293. The first-order chi connectivity index (χ1) is 8.01. The van der Waals surface area contributed by atoms with E-state index in [-0.39, 0.29) is 6.61 Å². The van der Waals surface area contributed by atoms with Gasteiger partial charge in [-0.05, 0) is 0 Å². The molecule has 6 N–H and O–H groups in total. The van der Waals surface area contributed by atoms with Gasteiger partial charge in [0.1, 0.15) is 30.5 Å². The van der Waals surface area contributed by atoms with Crippen LogP contribution in [0.2, 0.25) is 0 Å². The Labute approximate surface area is 97.6 Å². The Hall–Kier alpha value is -0.320. The average molecular weight is 254 g/mol. The van der Waals surface area contributed by atoms with E-state index in [9.17, 15) is 15.3 Å². The maximum absolute atomic E-state index is 9.52. The smallest absolute Gasteiger partial charge is 0.186 e. The summed E-state index contributed by atoms with van der Waals surface area (Å²) in [5.74, 6) is 0. The van der Waals surface area contributed by atoms with Crippen molar-refractivity contribution < 1.29 is 40.1 Å². The highest BCUT2D eigenvalue weighted by atomic mass is 16.7. The van der Waals surface area contributed by atoms with E-state index in [0.29, 0.717) is 0 Å². The Morgan fingerprint density at radius 1 is 1.06 bits per heavy atom. The molecule has 1 rings (SSSR count). The van der Waals surface area contributed by atoms with Crippen molar-refractivity contribution in [1.29, 1.82) is 0 Å². The lowest BCUT2D eigenvalue weighted by atomic mass is 9.99. The molecule has 0 aromatic carbocycles. The van der Waals surface area contributed by atoms with E-state index in [2.05, 4.69) is 0 Å². The number of aliphatic hydroxyl groups excluding tert-OH is 6. The molecule has 0 bridgehead atoms. The van der Waals surface area contributed by atoms with Gasteiger partial charge in [-0.2, -0.15) is 0 Å². The van der Waals surface area contributed by atoms with Crippen LogP contribution in [0.25, 0.3) is 0 Å². The predicted octanol–water partition coefficient (Wildman–Crippen LogP) is -3.84. The van der Waals surface area contributed by atoms with Gasteiger partial charge >= 0.3 is 0 Å². The van der Waals surface area contributed by atoms with Gasteiger partial charge in [0.2, 0.25) is 0 Å². The van der Waals surface area contributed by atoms with Crippen LogP contribution >= 0.6 is 0 Å². The number of rotatable bonds is 5. The minimum atomic E-state index is -1.52. The van der Waals surface area contributed by atoms with Crippen molar-refractivity contribution in [1.82, 2.24) is 0 Å². The molecule has 1 aliphatic heterocycles. The monoisotopic (exact) mass is 254 g/mol. The molecule has 6 atom stereocenters. The molecule has 8 nitrogen and oxygen atoms in total. The van der Waals surface area contributed by atoms with Gasteiger partial charge in [0.25, 0.3) is 0 Å². The highest BCUT2D eigenvalue weighted by Gasteiger charge is 2.44. The predicted molar refractivity (Wildman–Crippen MR) is 52.8 cm³/mol. The van der Waals surface area contributed by atoms with Gasteiger partial charge in [0.15, 0.2) is 6.29 Å². The average Bonchev–Trinajstić information content (AvgIpc) is 2.34. The van der Waals surface area contributed by atoms with Gasteiger partial charge in [0.05, 0.1) is 19.8 Å². The fourth-order valence-electron chi connectivity index (χ4n) is 1.46. The third-order valence-electron chi connectivity index (χ3n) is 2.51. The fourth-order valence-corrected chi connectivity index (χ4v) is 1.46. The van der Waals surface area contributed by atoms with Crippen molar-refractivity contribution in [3.63, 3.8) is 0 Å². The van der Waals surface area contributed by atoms with Crippen LogP contribution in [0.3, 0.4) is 0 Å². The molecule has 0 unspecified atom stereocenters. The Bertz CT molecular complexity index is 223. The van der Waals surface area contributed by atoms with Crippen molar-refractivity contribution in [3.8, 4) is 0 Å². The molecular formula is C9H18O8. The molecule has 102 valence electrons. The minimum absolute atomic E-state index is 0.306. The third kappa shape index (κ3) is 3.57. The standard InChI is InChI=1S/C9H18O8/c10-1-4(12)3-16-9-8(15)7(14)6(13)5(2-11)17-9/h4-15H,1-3H2/t4-,5-,6-,7-,8+,9+/m0/s1. The van der Waals surface area contributed by atoms with Crippen molar-refractivity contribution >= 4 is 0 Å². The zero-order valence-corrected chi connectivity index (χ0v) is 9.09. The van der Waals surface area contributed by atoms with Crippen LogP contribution in [0.15, 0.2) is 0 Å². The van der Waals surface area contributed by atoms with E-state index >= 15 is 0 Å². The summed E-state index contributed by atoms with van der Waals surface area (Å²) in [7, 11) is 0. The third-order valence-corrected chi connectivity index (χ3v) is 2.51. The van der Waals surface area contributed by atoms with Crippen LogP contribution in [-0.4, -0.2) is 87.3 Å². The minimum Gasteiger partial charge on any atom is -0.394 e. The number of ether oxygens (including phenoxy) is 2. The molecule has 1 saturated heterocycles. The molecule has 0 aliphatic carbocycles. The Morgan fingerprint density at radius 3 is 2.24 bits per heavy atom. The highest BCUT2D eigenvalue weighted by molar-refractivity contribution is 4.88. The molecule has 8 heteroatoms. The van der Waals surface area contributed by atoms with Crippen molar-refractivity contribution in [3.05, 3.63) is 0 Å². The van der Waals surface area contributed by atoms with Crippen LogP contribution in [-0.2, 0) is 9.47 Å². The van der Waals surface area contributed by atoms with E-state index in [1.807, 2.05) is 0 Å². The lowest BCUT2D eigenvalue weighted by Gasteiger charge is -2.39. The normalized spacial score (nSPS) is 40.2. The van der Waals surface area contributed by atoms with Crippen LogP contribution in [0.5, 0.6) is 0 Å². The molecule has 0 saturated carbocycles. The highest BCUT2D eigenvalue weighted by Crippen LogP contribution is 2.21. The molecule has 1 fully saturated rings. The van der Waals surface area contributed by atoms with Gasteiger partial charge < -0.3 is 40.1 Å². The first-order valence-electron chi connectivity index (χ1n) is 5.22. The number of hydrogen-bond donors (Lipinski definition) is 6. The summed E-state index contributed by atoms with van der Waals surface area (Å²) in [5, 5.41) is 54.9. The second-order valence-corrected chi connectivity index (χ2v) is 3.87. The van der Waals surface area contributed by atoms with Crippen LogP contribution in [0.4, 0.5) is 0 Å². The lowest BCUT2D eigenvalue weighted by Crippen LogP contribution is -2.59. The molecule has 0 aromatic heterocycles. The number of aliphatic hydroxyl groups is 6. The summed E-state index contributed by atoms with van der Waals surface area (Å²) in [5.41, 5.74) is 0. The van der Waals surface area contributed by atoms with Gasteiger partial charge in [-0.25, -0.2) is 0 Å². The van der Waals surface area contributed by atoms with E-state index < -0.39 is 50.0 Å². The molecule has 1 heterocycles. The van der Waals surface area contributed by atoms with Gasteiger partial charge in [-0.3, -0.25) is 0 Å². The summed E-state index contributed by atoms with van der Waals surface area (Å²) in [6, 6.07) is 0. The second-order valence-electron chi connectivity index (χ2n) is 3.87. The van der Waals surface area contributed by atoms with Gasteiger partial charge in [-0.15, -0.1) is 0 Å². The Morgan fingerprint density at radius 2 is 1.71 bits per heavy atom. The lowest BCUT2D eigenvalue weighted by molar-refractivity contribution is -0.304. The molecule has 0 aromatic rings. The first-order valence-corrected chi connectivity index (χ1v) is 5.22. The fraction of sp³-hybridized carbons (Fsp3) is 1.00. The van der Waals surface area contributed by atoms with Gasteiger partial charge in [0, 0.05) is 0 Å². The Balaban J connectivity index is 2.53. The van der Waals surface area contributed by atoms with Gasteiger partial charge in [-0.1, -0.05) is 0 Å². The summed E-state index contributed by atoms with van der Waals surface area (Å²) in [4.78, 5) is 0. The summed E-state index contributed by atoms with van der Waals surface area (Å²) in [6.45, 7) is -1.37. The largest absolute Gasteiger partial charge is 0.394 e. The van der Waals surface area contributed by atoms with E-state index in [0.717, 1.165) is 0 Å². The van der Waals surface area contributed by atoms with Crippen LogP contribution < -0.4 is 0 Å². The first kappa shape index (κ1) is 14.7. The molecule has 0 amide bonds. The molecule has 0 spiro atoms. The zero-order chi connectivity index (χ0) is 13.0. The summed E-state index contributed by atoms with van der Waals surface area (Å²) < 4.78 is 9.93. The van der Waals surface area contributed by atoms with Crippen molar-refractivity contribution in [2.24, 2.45) is 0 Å². The van der Waals surface area contributed by atoms with E-state index in [1.165, 1.54) is 0 Å². The molecule has 1 aliphatic rings. The maximum atomic E-state index is 9.52. The van der Waals surface area contributed by atoms with Crippen molar-refractivity contribution in [2.75, 3.05) is 19.8 Å². The SMILES string of the molecule is OC[C@H](O)CO[C@@H]1O[C@@H](CO)[C@H](O)[C@H](O)[C@H]1O. The second kappa shape index (κ2) is 6.57. The maximum Gasteiger partial charge on any atom is 0.186 e. The zero-order valence-electron chi connectivity index (χ0n) is 9.09. The summed E-state index contributed by atoms with van der Waals surface area (Å²) in [6.07, 6.45) is -7.94. The molecular weight excluding hydrogens is 236 g/mol. The Kier molecular flexibility index (Phi) is 5.70. The van der Waals surface area contributed by atoms with Crippen LogP contribution in [0, 0.1) is 0 Å². The summed E-state index contributed by atoms with van der Waals surface area (Å²) >= 11 is 0. The van der Waals surface area contributed by atoms with Crippen LogP contribution in [0.1, 0.15) is 0 Å². The number of hydrogen-bond acceptors (Lipinski definition) is 8. The van der Waals surface area contributed by atoms with Crippen molar-refractivity contribution in [2.45, 2.75) is 36.8 Å². The topological polar surface area (TPSA) is 140 Å². The van der Waals surface area contributed by atoms with E-state index in [1.54, 1.807) is 0 Å².